The molecule has 1 aromatic carbocycles. The molecular weight excluding hydrogens is 304 g/mol. The van der Waals surface area contributed by atoms with Gasteiger partial charge in [0, 0.05) is 6.54 Å². The van der Waals surface area contributed by atoms with Crippen LogP contribution in [0.4, 0.5) is 0 Å². The number of nitrogens with one attached hydrogen (secondary N) is 1. The summed E-state index contributed by atoms with van der Waals surface area (Å²) in [4.78, 5) is 13.9. The van der Waals surface area contributed by atoms with Crippen molar-refractivity contribution >= 4 is 17.5 Å². The largest absolute Gasteiger partial charge is 0.482 e. The zero-order valence-corrected chi connectivity index (χ0v) is 13.3. The van der Waals surface area contributed by atoms with E-state index in [0.29, 0.717) is 17.3 Å². The number of carbonyl (C=O) groups is 1. The molecular formula is C16H19ClN2O3. The highest BCUT2D eigenvalue weighted by Gasteiger charge is 2.18. The molecule has 6 heteroatoms. The number of hydrogen-bond donors (Lipinski definition) is 1. The Balaban J connectivity index is 1.83. The number of halogens is 1. The number of likely N-dealkylation sites (N-methyl/N-ethyl adjacent to an activating group) is 1. The maximum atomic E-state index is 11.9. The van der Waals surface area contributed by atoms with Crippen LogP contribution in [-0.4, -0.2) is 38.1 Å². The minimum absolute atomic E-state index is 0.0285. The Kier molecular flexibility index (Phi) is 5.86. The number of para-hydroxylation sites is 1. The number of rotatable bonds is 7. The highest BCUT2D eigenvalue weighted by atomic mass is 35.5. The molecule has 0 radical (unpaired) electrons. The molecule has 0 saturated heterocycles. The van der Waals surface area contributed by atoms with Gasteiger partial charge >= 0.3 is 0 Å². The van der Waals surface area contributed by atoms with E-state index >= 15 is 0 Å². The van der Waals surface area contributed by atoms with Crippen LogP contribution in [0, 0.1) is 0 Å². The molecule has 0 aliphatic carbocycles. The molecule has 1 amide bonds. The third-order valence-electron chi connectivity index (χ3n) is 3.18. The van der Waals surface area contributed by atoms with E-state index in [2.05, 4.69) is 5.32 Å². The van der Waals surface area contributed by atoms with E-state index < -0.39 is 0 Å². The smallest absolute Gasteiger partial charge is 0.258 e. The van der Waals surface area contributed by atoms with Crippen LogP contribution in [0.3, 0.4) is 0 Å². The molecule has 0 bridgehead atoms. The van der Waals surface area contributed by atoms with Crippen LogP contribution in [0.5, 0.6) is 5.75 Å². The van der Waals surface area contributed by atoms with E-state index in [9.17, 15) is 4.79 Å². The molecule has 1 aromatic heterocycles. The number of benzene rings is 1. The maximum Gasteiger partial charge on any atom is 0.258 e. The first-order valence-electron chi connectivity index (χ1n) is 6.92. The van der Waals surface area contributed by atoms with E-state index in [4.69, 9.17) is 20.8 Å². The Morgan fingerprint density at radius 2 is 2.09 bits per heavy atom. The quantitative estimate of drug-likeness (QED) is 0.851. The van der Waals surface area contributed by atoms with Crippen molar-refractivity contribution in [1.82, 2.24) is 10.2 Å². The van der Waals surface area contributed by atoms with Gasteiger partial charge in [0.1, 0.15) is 11.5 Å². The van der Waals surface area contributed by atoms with Crippen molar-refractivity contribution in [2.75, 3.05) is 27.2 Å². The molecule has 2 rings (SSSR count). The van der Waals surface area contributed by atoms with Crippen LogP contribution in [0.25, 0.3) is 0 Å². The van der Waals surface area contributed by atoms with Crippen LogP contribution in [0.2, 0.25) is 5.02 Å². The third-order valence-corrected chi connectivity index (χ3v) is 3.50. The van der Waals surface area contributed by atoms with Gasteiger partial charge in [0.15, 0.2) is 6.61 Å². The summed E-state index contributed by atoms with van der Waals surface area (Å²) >= 11 is 5.97. The van der Waals surface area contributed by atoms with Gasteiger partial charge in [0.05, 0.1) is 17.3 Å². The Labute approximate surface area is 134 Å². The molecule has 0 saturated carbocycles. The molecule has 1 atom stereocenters. The molecule has 2 aromatic rings. The van der Waals surface area contributed by atoms with Gasteiger partial charge in [-0.2, -0.15) is 0 Å². The molecule has 0 spiro atoms. The minimum Gasteiger partial charge on any atom is -0.482 e. The Bertz CT molecular complexity index is 599. The lowest BCUT2D eigenvalue weighted by molar-refractivity contribution is -0.123. The van der Waals surface area contributed by atoms with Crippen molar-refractivity contribution in [2.24, 2.45) is 0 Å². The minimum atomic E-state index is -0.210. The van der Waals surface area contributed by atoms with Gasteiger partial charge in [0.2, 0.25) is 0 Å². The first kappa shape index (κ1) is 16.4. The van der Waals surface area contributed by atoms with Crippen LogP contribution in [-0.2, 0) is 4.79 Å². The summed E-state index contributed by atoms with van der Waals surface area (Å²) in [5.74, 6) is 1.09. The number of carbonyl (C=O) groups excluding carboxylic acids is 1. The highest BCUT2D eigenvalue weighted by Crippen LogP contribution is 2.23. The van der Waals surface area contributed by atoms with Crippen molar-refractivity contribution in [2.45, 2.75) is 6.04 Å². The van der Waals surface area contributed by atoms with Gasteiger partial charge in [-0.25, -0.2) is 0 Å². The van der Waals surface area contributed by atoms with Gasteiger partial charge < -0.3 is 14.5 Å². The average Bonchev–Trinajstić information content (AvgIpc) is 3.00. The summed E-state index contributed by atoms with van der Waals surface area (Å²) in [6.07, 6.45) is 1.62. The molecule has 1 heterocycles. The summed E-state index contributed by atoms with van der Waals surface area (Å²) in [6.45, 7) is 0.354. The topological polar surface area (TPSA) is 54.7 Å². The zero-order valence-electron chi connectivity index (χ0n) is 12.6. The van der Waals surface area contributed by atoms with Crippen molar-refractivity contribution in [3.63, 3.8) is 0 Å². The SMILES string of the molecule is CN(C)C(CNC(=O)COc1ccccc1Cl)c1ccco1. The number of amides is 1. The van der Waals surface area contributed by atoms with E-state index in [-0.39, 0.29) is 18.6 Å². The summed E-state index contributed by atoms with van der Waals surface area (Å²) in [6, 6.07) is 10.7. The van der Waals surface area contributed by atoms with Gasteiger partial charge in [-0.15, -0.1) is 0 Å². The summed E-state index contributed by atoms with van der Waals surface area (Å²) in [5, 5.41) is 3.32. The van der Waals surface area contributed by atoms with Crippen LogP contribution >= 0.6 is 11.6 Å². The summed E-state index contributed by atoms with van der Waals surface area (Å²) < 4.78 is 10.8. The van der Waals surface area contributed by atoms with Crippen molar-refractivity contribution in [3.8, 4) is 5.75 Å². The fraction of sp³-hybridized carbons (Fsp3) is 0.312. The van der Waals surface area contributed by atoms with Crippen LogP contribution in [0.1, 0.15) is 11.8 Å². The lowest BCUT2D eigenvalue weighted by Crippen LogP contribution is -2.36. The van der Waals surface area contributed by atoms with Gasteiger partial charge in [-0.1, -0.05) is 23.7 Å². The lowest BCUT2D eigenvalue weighted by Gasteiger charge is -2.22. The Morgan fingerprint density at radius 1 is 1.32 bits per heavy atom. The van der Waals surface area contributed by atoms with E-state index in [0.717, 1.165) is 5.76 Å². The van der Waals surface area contributed by atoms with E-state index in [1.54, 1.807) is 30.5 Å². The van der Waals surface area contributed by atoms with Crippen LogP contribution < -0.4 is 10.1 Å². The van der Waals surface area contributed by atoms with Gasteiger partial charge in [-0.3, -0.25) is 9.69 Å². The lowest BCUT2D eigenvalue weighted by atomic mass is 10.2. The van der Waals surface area contributed by atoms with Crippen molar-refractivity contribution in [3.05, 3.63) is 53.4 Å². The number of furan rings is 1. The van der Waals surface area contributed by atoms with Gasteiger partial charge in [-0.05, 0) is 38.4 Å². The average molecular weight is 323 g/mol. The van der Waals surface area contributed by atoms with Gasteiger partial charge in [0.25, 0.3) is 5.91 Å². The van der Waals surface area contributed by atoms with E-state index in [1.807, 2.05) is 31.1 Å². The standard InChI is InChI=1S/C16H19ClN2O3/c1-19(2)13(15-8-5-9-21-15)10-18-16(20)11-22-14-7-4-3-6-12(14)17/h3-9,13H,10-11H2,1-2H3,(H,18,20). The molecule has 0 fully saturated rings. The van der Waals surface area contributed by atoms with Crippen LogP contribution in [0.15, 0.2) is 47.1 Å². The Morgan fingerprint density at radius 3 is 2.73 bits per heavy atom. The second-order valence-corrected chi connectivity index (χ2v) is 5.43. The summed E-state index contributed by atoms with van der Waals surface area (Å²) in [5.41, 5.74) is 0. The van der Waals surface area contributed by atoms with E-state index in [1.165, 1.54) is 0 Å². The fourth-order valence-corrected chi connectivity index (χ4v) is 2.18. The molecule has 118 valence electrons. The predicted molar refractivity (Wildman–Crippen MR) is 85.1 cm³/mol. The third kappa shape index (κ3) is 4.51. The van der Waals surface area contributed by atoms with Crippen molar-refractivity contribution < 1.29 is 13.9 Å². The highest BCUT2D eigenvalue weighted by molar-refractivity contribution is 6.32. The molecule has 22 heavy (non-hydrogen) atoms. The second-order valence-electron chi connectivity index (χ2n) is 5.02. The number of nitrogens with zero attached hydrogens (tertiary/aromatic N) is 1. The molecule has 1 unspecified atom stereocenters. The molecule has 0 aliphatic heterocycles. The number of ether oxygens (including phenoxy) is 1. The monoisotopic (exact) mass is 322 g/mol. The zero-order chi connectivity index (χ0) is 15.9. The first-order valence-corrected chi connectivity index (χ1v) is 7.29. The predicted octanol–water partition coefficient (Wildman–Crippen LogP) is 2.73. The molecule has 5 nitrogen and oxygen atoms in total. The summed E-state index contributed by atoms with van der Waals surface area (Å²) in [7, 11) is 3.86. The second kappa shape index (κ2) is 7.87. The van der Waals surface area contributed by atoms with Crippen molar-refractivity contribution in [1.29, 1.82) is 0 Å². The normalized spacial score (nSPS) is 12.2. The number of hydrogen-bond acceptors (Lipinski definition) is 4. The fourth-order valence-electron chi connectivity index (χ4n) is 1.99. The molecule has 0 aliphatic rings. The first-order chi connectivity index (χ1) is 10.6. The molecule has 1 N–H and O–H groups in total. The Hall–Kier alpha value is -1.98. The maximum absolute atomic E-state index is 11.9.